The highest BCUT2D eigenvalue weighted by Gasteiger charge is 2.17. The van der Waals surface area contributed by atoms with Crippen LogP contribution in [-0.2, 0) is 19.8 Å². The van der Waals surface area contributed by atoms with Gasteiger partial charge in [-0.25, -0.2) is 0 Å². The van der Waals surface area contributed by atoms with E-state index in [0.717, 1.165) is 6.42 Å². The number of carbonyl (C=O) groups is 3. The van der Waals surface area contributed by atoms with Crippen LogP contribution in [0.2, 0.25) is 5.02 Å². The molecule has 8 heteroatoms. The van der Waals surface area contributed by atoms with Crippen molar-refractivity contribution in [2.75, 3.05) is 11.9 Å². The highest BCUT2D eigenvalue weighted by atomic mass is 35.5. The van der Waals surface area contributed by atoms with Gasteiger partial charge in [-0.2, -0.15) is 0 Å². The first-order valence-electron chi connectivity index (χ1n) is 10.1. The number of para-hydroxylation sites is 1. The number of hydrogen-bond acceptors (Lipinski definition) is 4. The molecule has 0 saturated heterocycles. The van der Waals surface area contributed by atoms with Crippen LogP contribution in [0.3, 0.4) is 0 Å². The standard InChI is InChI=1S/C23H28ClN3O4/c1-4-23(2,3)16-9-11-17(12-10-16)31-15-22(30)27-26-21(29)14-13-20(28)25-19-8-6-5-7-18(19)24/h5-12H,4,13-15H2,1-3H3,(H,25,28)(H,26,29)(H,27,30). The smallest absolute Gasteiger partial charge is 0.276 e. The third-order valence-corrected chi connectivity index (χ3v) is 5.29. The number of halogens is 1. The Morgan fingerprint density at radius 1 is 0.903 bits per heavy atom. The van der Waals surface area contributed by atoms with Crippen molar-refractivity contribution in [3.8, 4) is 5.75 Å². The van der Waals surface area contributed by atoms with Gasteiger partial charge in [-0.05, 0) is 41.7 Å². The van der Waals surface area contributed by atoms with E-state index in [1.165, 1.54) is 5.56 Å². The second-order valence-electron chi connectivity index (χ2n) is 7.67. The number of benzene rings is 2. The molecular formula is C23H28ClN3O4. The topological polar surface area (TPSA) is 96.5 Å². The molecule has 0 unspecified atom stereocenters. The van der Waals surface area contributed by atoms with E-state index in [1.54, 1.807) is 24.3 Å². The summed E-state index contributed by atoms with van der Waals surface area (Å²) in [5, 5.41) is 3.04. The number of nitrogens with one attached hydrogen (secondary N) is 3. The largest absolute Gasteiger partial charge is 0.484 e. The third kappa shape index (κ3) is 7.94. The fourth-order valence-electron chi connectivity index (χ4n) is 2.60. The van der Waals surface area contributed by atoms with Crippen LogP contribution in [0.5, 0.6) is 5.75 Å². The summed E-state index contributed by atoms with van der Waals surface area (Å²) in [6, 6.07) is 14.4. The Balaban J connectivity index is 1.67. The Morgan fingerprint density at radius 2 is 1.52 bits per heavy atom. The van der Waals surface area contributed by atoms with Crippen LogP contribution in [0, 0.1) is 0 Å². The van der Waals surface area contributed by atoms with Crippen LogP contribution < -0.4 is 20.9 Å². The van der Waals surface area contributed by atoms with Crippen LogP contribution in [-0.4, -0.2) is 24.3 Å². The number of hydrogen-bond donors (Lipinski definition) is 3. The number of hydrazine groups is 1. The lowest BCUT2D eigenvalue weighted by Gasteiger charge is -2.23. The third-order valence-electron chi connectivity index (χ3n) is 4.96. The summed E-state index contributed by atoms with van der Waals surface area (Å²) >= 11 is 5.97. The van der Waals surface area contributed by atoms with Gasteiger partial charge < -0.3 is 10.1 Å². The molecule has 0 radical (unpaired) electrons. The SMILES string of the molecule is CCC(C)(C)c1ccc(OCC(=O)NNC(=O)CCC(=O)Nc2ccccc2Cl)cc1. The lowest BCUT2D eigenvalue weighted by Crippen LogP contribution is -2.44. The summed E-state index contributed by atoms with van der Waals surface area (Å²) in [5.41, 5.74) is 6.27. The van der Waals surface area contributed by atoms with Crippen molar-refractivity contribution in [1.82, 2.24) is 10.9 Å². The number of rotatable bonds is 9. The maximum absolute atomic E-state index is 11.9. The zero-order chi connectivity index (χ0) is 22.9. The zero-order valence-electron chi connectivity index (χ0n) is 18.0. The van der Waals surface area contributed by atoms with Crippen molar-refractivity contribution in [3.05, 3.63) is 59.1 Å². The predicted molar refractivity (Wildman–Crippen MR) is 121 cm³/mol. The fraction of sp³-hybridized carbons (Fsp3) is 0.348. The second kappa shape index (κ2) is 11.4. The van der Waals surface area contributed by atoms with Gasteiger partial charge in [0.2, 0.25) is 11.8 Å². The molecule has 0 heterocycles. The molecule has 7 nitrogen and oxygen atoms in total. The second-order valence-corrected chi connectivity index (χ2v) is 8.08. The summed E-state index contributed by atoms with van der Waals surface area (Å²) < 4.78 is 5.44. The Bertz CT molecular complexity index is 913. The van der Waals surface area contributed by atoms with Gasteiger partial charge in [0.05, 0.1) is 10.7 Å². The minimum Gasteiger partial charge on any atom is -0.484 e. The first kappa shape index (κ1) is 24.2. The number of amides is 3. The van der Waals surface area contributed by atoms with E-state index >= 15 is 0 Å². The molecule has 2 rings (SSSR count). The minimum atomic E-state index is -0.508. The molecule has 3 N–H and O–H groups in total. The Labute approximate surface area is 187 Å². The van der Waals surface area contributed by atoms with Crippen LogP contribution >= 0.6 is 11.6 Å². The molecule has 31 heavy (non-hydrogen) atoms. The normalized spacial score (nSPS) is 10.8. The van der Waals surface area contributed by atoms with E-state index in [1.807, 2.05) is 24.3 Å². The van der Waals surface area contributed by atoms with E-state index in [0.29, 0.717) is 16.5 Å². The van der Waals surface area contributed by atoms with Crippen molar-refractivity contribution in [1.29, 1.82) is 0 Å². The first-order chi connectivity index (χ1) is 14.7. The minimum absolute atomic E-state index is 0.0517. The summed E-state index contributed by atoms with van der Waals surface area (Å²) in [6.45, 7) is 6.22. The maximum Gasteiger partial charge on any atom is 0.276 e. The van der Waals surface area contributed by atoms with E-state index in [-0.39, 0.29) is 30.8 Å². The van der Waals surface area contributed by atoms with Crippen molar-refractivity contribution in [2.24, 2.45) is 0 Å². The highest BCUT2D eigenvalue weighted by Crippen LogP contribution is 2.28. The van der Waals surface area contributed by atoms with Crippen LogP contribution in [0.15, 0.2) is 48.5 Å². The Kier molecular flexibility index (Phi) is 8.88. The van der Waals surface area contributed by atoms with Crippen LogP contribution in [0.1, 0.15) is 45.6 Å². The molecule has 2 aromatic carbocycles. The van der Waals surface area contributed by atoms with Gasteiger partial charge in [0.15, 0.2) is 6.61 Å². The van der Waals surface area contributed by atoms with E-state index < -0.39 is 11.8 Å². The molecule has 2 aromatic rings. The monoisotopic (exact) mass is 445 g/mol. The molecule has 0 aromatic heterocycles. The van der Waals surface area contributed by atoms with E-state index in [4.69, 9.17) is 16.3 Å². The summed E-state index contributed by atoms with van der Waals surface area (Å²) in [5.74, 6) is -0.790. The molecule has 0 aliphatic carbocycles. The maximum atomic E-state index is 11.9. The lowest BCUT2D eigenvalue weighted by atomic mass is 9.82. The molecule has 0 atom stereocenters. The summed E-state index contributed by atoms with van der Waals surface area (Å²) in [6.07, 6.45) is 0.868. The summed E-state index contributed by atoms with van der Waals surface area (Å²) in [4.78, 5) is 35.6. The van der Waals surface area contributed by atoms with Gasteiger partial charge in [-0.3, -0.25) is 25.2 Å². The Morgan fingerprint density at radius 3 is 2.16 bits per heavy atom. The molecule has 166 valence electrons. The lowest BCUT2D eigenvalue weighted by molar-refractivity contribution is -0.130. The van der Waals surface area contributed by atoms with Gasteiger partial charge in [0.1, 0.15) is 5.75 Å². The van der Waals surface area contributed by atoms with Crippen molar-refractivity contribution >= 4 is 35.0 Å². The van der Waals surface area contributed by atoms with Crippen LogP contribution in [0.25, 0.3) is 0 Å². The molecular weight excluding hydrogens is 418 g/mol. The molecule has 0 aliphatic heterocycles. The van der Waals surface area contributed by atoms with Gasteiger partial charge in [-0.15, -0.1) is 0 Å². The average Bonchev–Trinajstić information content (AvgIpc) is 2.76. The first-order valence-corrected chi connectivity index (χ1v) is 10.4. The summed E-state index contributed by atoms with van der Waals surface area (Å²) in [7, 11) is 0. The van der Waals surface area contributed by atoms with E-state index in [9.17, 15) is 14.4 Å². The van der Waals surface area contributed by atoms with E-state index in [2.05, 4.69) is 36.9 Å². The van der Waals surface area contributed by atoms with Gasteiger partial charge in [-0.1, -0.05) is 56.6 Å². The fourth-order valence-corrected chi connectivity index (χ4v) is 2.78. The number of anilines is 1. The zero-order valence-corrected chi connectivity index (χ0v) is 18.7. The molecule has 3 amide bonds. The van der Waals surface area contributed by atoms with Gasteiger partial charge >= 0.3 is 0 Å². The van der Waals surface area contributed by atoms with Crippen LogP contribution in [0.4, 0.5) is 5.69 Å². The molecule has 0 fully saturated rings. The van der Waals surface area contributed by atoms with Crippen molar-refractivity contribution < 1.29 is 19.1 Å². The average molecular weight is 446 g/mol. The van der Waals surface area contributed by atoms with Gasteiger partial charge in [0, 0.05) is 12.8 Å². The number of ether oxygens (including phenoxy) is 1. The Hall–Kier alpha value is -3.06. The molecule has 0 saturated carbocycles. The molecule has 0 aliphatic rings. The van der Waals surface area contributed by atoms with Gasteiger partial charge in [0.25, 0.3) is 5.91 Å². The molecule has 0 bridgehead atoms. The predicted octanol–water partition coefficient (Wildman–Crippen LogP) is 3.97. The van der Waals surface area contributed by atoms with Crippen molar-refractivity contribution in [3.63, 3.8) is 0 Å². The number of carbonyl (C=O) groups excluding carboxylic acids is 3. The van der Waals surface area contributed by atoms with Crippen molar-refractivity contribution in [2.45, 2.75) is 45.4 Å². The molecule has 0 spiro atoms. The highest BCUT2D eigenvalue weighted by molar-refractivity contribution is 6.33. The quantitative estimate of drug-likeness (QED) is 0.509.